The number of carbonyl (C=O) groups is 1. The summed E-state index contributed by atoms with van der Waals surface area (Å²) in [5, 5.41) is 0. The Bertz CT molecular complexity index is 781. The van der Waals surface area contributed by atoms with E-state index in [-0.39, 0.29) is 6.61 Å². The molecule has 0 atom stereocenters. The van der Waals surface area contributed by atoms with E-state index < -0.39 is 5.97 Å². The first-order valence-electron chi connectivity index (χ1n) is 7.11. The van der Waals surface area contributed by atoms with E-state index >= 15 is 0 Å². The lowest BCUT2D eigenvalue weighted by atomic mass is 10.2. The number of hydrogen-bond donors (Lipinski definition) is 0. The lowest BCUT2D eigenvalue weighted by molar-refractivity contribution is -0.148. The SMILES string of the molecule is CCOC(=O)COn1c(-c2ccccc2)nc2ccccc21. The largest absolute Gasteiger partial charge is 0.463 e. The normalized spacial score (nSPS) is 10.6. The summed E-state index contributed by atoms with van der Waals surface area (Å²) in [7, 11) is 0. The van der Waals surface area contributed by atoms with E-state index in [9.17, 15) is 4.79 Å². The van der Waals surface area contributed by atoms with Crippen molar-refractivity contribution >= 4 is 17.0 Å². The second kappa shape index (κ2) is 6.30. The number of aromatic nitrogens is 2. The molecule has 0 fully saturated rings. The molecule has 0 saturated carbocycles. The fourth-order valence-electron chi connectivity index (χ4n) is 2.22. The number of rotatable bonds is 5. The smallest absolute Gasteiger partial charge is 0.346 e. The third kappa shape index (κ3) is 2.79. The van der Waals surface area contributed by atoms with Crippen molar-refractivity contribution in [3.05, 3.63) is 54.6 Å². The van der Waals surface area contributed by atoms with E-state index in [2.05, 4.69) is 4.98 Å². The summed E-state index contributed by atoms with van der Waals surface area (Å²) < 4.78 is 6.49. The maximum absolute atomic E-state index is 11.5. The molecule has 0 amide bonds. The molecule has 0 spiro atoms. The molecule has 0 bridgehead atoms. The molecule has 3 rings (SSSR count). The van der Waals surface area contributed by atoms with Crippen LogP contribution in [0.5, 0.6) is 0 Å². The van der Waals surface area contributed by atoms with Crippen LogP contribution in [0.2, 0.25) is 0 Å². The molecule has 0 aliphatic carbocycles. The Kier molecular flexibility index (Phi) is 4.05. The van der Waals surface area contributed by atoms with Crippen LogP contribution in [-0.2, 0) is 9.53 Å². The van der Waals surface area contributed by atoms with Crippen LogP contribution in [0.3, 0.4) is 0 Å². The molecular formula is C17H16N2O3. The van der Waals surface area contributed by atoms with Crippen molar-refractivity contribution < 1.29 is 14.4 Å². The van der Waals surface area contributed by atoms with Crippen LogP contribution in [0.4, 0.5) is 0 Å². The molecule has 0 saturated heterocycles. The Morgan fingerprint density at radius 1 is 1.09 bits per heavy atom. The minimum Gasteiger partial charge on any atom is -0.463 e. The van der Waals surface area contributed by atoms with Crippen LogP contribution in [0.15, 0.2) is 54.6 Å². The molecule has 0 unspecified atom stereocenters. The number of fused-ring (bicyclic) bond motifs is 1. The average molecular weight is 296 g/mol. The predicted octanol–water partition coefficient (Wildman–Crippen LogP) is 2.70. The van der Waals surface area contributed by atoms with E-state index in [1.165, 1.54) is 0 Å². The van der Waals surface area contributed by atoms with Crippen molar-refractivity contribution in [2.24, 2.45) is 0 Å². The van der Waals surface area contributed by atoms with Gasteiger partial charge in [-0.1, -0.05) is 42.5 Å². The van der Waals surface area contributed by atoms with Gasteiger partial charge in [-0.2, -0.15) is 4.73 Å². The topological polar surface area (TPSA) is 53.4 Å². The molecule has 0 aliphatic heterocycles. The van der Waals surface area contributed by atoms with Crippen LogP contribution in [0, 0.1) is 0 Å². The second-order valence-electron chi connectivity index (χ2n) is 4.66. The first-order chi connectivity index (χ1) is 10.8. The second-order valence-corrected chi connectivity index (χ2v) is 4.66. The number of hydrogen-bond acceptors (Lipinski definition) is 4. The third-order valence-corrected chi connectivity index (χ3v) is 3.17. The van der Waals surface area contributed by atoms with E-state index in [0.717, 1.165) is 16.6 Å². The first kappa shape index (κ1) is 14.1. The van der Waals surface area contributed by atoms with E-state index in [4.69, 9.17) is 9.57 Å². The predicted molar refractivity (Wildman–Crippen MR) is 83.2 cm³/mol. The van der Waals surface area contributed by atoms with E-state index in [1.807, 2.05) is 54.6 Å². The molecule has 5 heteroatoms. The van der Waals surface area contributed by atoms with Gasteiger partial charge in [0.2, 0.25) is 6.61 Å². The number of ether oxygens (including phenoxy) is 1. The number of para-hydroxylation sites is 2. The molecule has 0 radical (unpaired) electrons. The third-order valence-electron chi connectivity index (χ3n) is 3.17. The molecule has 0 aliphatic rings. The molecule has 0 N–H and O–H groups in total. The highest BCUT2D eigenvalue weighted by Gasteiger charge is 2.14. The van der Waals surface area contributed by atoms with Gasteiger partial charge in [0, 0.05) is 5.56 Å². The Hall–Kier alpha value is -2.82. The number of carbonyl (C=O) groups excluding carboxylic acids is 1. The van der Waals surface area contributed by atoms with Crippen molar-refractivity contribution in [2.75, 3.05) is 13.2 Å². The highest BCUT2D eigenvalue weighted by atomic mass is 16.7. The minimum atomic E-state index is -0.403. The van der Waals surface area contributed by atoms with E-state index in [0.29, 0.717) is 12.4 Å². The van der Waals surface area contributed by atoms with Crippen LogP contribution in [0.1, 0.15) is 6.92 Å². The summed E-state index contributed by atoms with van der Waals surface area (Å²) in [5.74, 6) is 0.255. The van der Waals surface area contributed by atoms with Crippen molar-refractivity contribution in [2.45, 2.75) is 6.92 Å². The van der Waals surface area contributed by atoms with Gasteiger partial charge in [0.25, 0.3) is 0 Å². The Balaban J connectivity index is 2.00. The van der Waals surface area contributed by atoms with Crippen LogP contribution < -0.4 is 4.84 Å². The Morgan fingerprint density at radius 2 is 1.82 bits per heavy atom. The van der Waals surface area contributed by atoms with Gasteiger partial charge in [-0.05, 0) is 19.1 Å². The van der Waals surface area contributed by atoms with Gasteiger partial charge in [-0.3, -0.25) is 0 Å². The summed E-state index contributed by atoms with van der Waals surface area (Å²) in [6, 6.07) is 17.3. The maximum atomic E-state index is 11.5. The molecule has 112 valence electrons. The minimum absolute atomic E-state index is 0.159. The molecule has 3 aromatic rings. The summed E-state index contributed by atoms with van der Waals surface area (Å²) in [5.41, 5.74) is 2.54. The van der Waals surface area contributed by atoms with Crippen LogP contribution >= 0.6 is 0 Å². The van der Waals surface area contributed by atoms with Gasteiger partial charge in [0.15, 0.2) is 5.82 Å². The zero-order chi connectivity index (χ0) is 15.4. The van der Waals surface area contributed by atoms with Crippen LogP contribution in [-0.4, -0.2) is 28.9 Å². The lowest BCUT2D eigenvalue weighted by Gasteiger charge is -2.10. The molecule has 1 aromatic heterocycles. The first-order valence-corrected chi connectivity index (χ1v) is 7.11. The highest BCUT2D eigenvalue weighted by Crippen LogP contribution is 2.23. The summed E-state index contributed by atoms with van der Waals surface area (Å²) in [4.78, 5) is 21.8. The number of esters is 1. The van der Waals surface area contributed by atoms with Gasteiger partial charge in [0.05, 0.1) is 12.1 Å². The van der Waals surface area contributed by atoms with Crippen LogP contribution in [0.25, 0.3) is 22.4 Å². The number of benzene rings is 2. The van der Waals surface area contributed by atoms with E-state index in [1.54, 1.807) is 11.7 Å². The van der Waals surface area contributed by atoms with Crippen molar-refractivity contribution in [3.8, 4) is 11.4 Å². The molecule has 1 heterocycles. The quantitative estimate of drug-likeness (QED) is 0.679. The van der Waals surface area contributed by atoms with Crippen molar-refractivity contribution in [1.29, 1.82) is 0 Å². The van der Waals surface area contributed by atoms with Crippen molar-refractivity contribution in [1.82, 2.24) is 9.71 Å². The fraction of sp³-hybridized carbons (Fsp3) is 0.176. The standard InChI is InChI=1S/C17H16N2O3/c1-2-21-16(20)12-22-19-15-11-7-6-10-14(15)18-17(19)13-8-4-3-5-9-13/h3-11H,2,12H2,1H3. The molecule has 22 heavy (non-hydrogen) atoms. The summed E-state index contributed by atoms with van der Waals surface area (Å²) >= 11 is 0. The Labute approximate surface area is 128 Å². The number of imidazole rings is 1. The lowest BCUT2D eigenvalue weighted by Crippen LogP contribution is -2.22. The van der Waals surface area contributed by atoms with Gasteiger partial charge in [-0.25, -0.2) is 9.78 Å². The summed E-state index contributed by atoms with van der Waals surface area (Å²) in [6.45, 7) is 1.94. The summed E-state index contributed by atoms with van der Waals surface area (Å²) in [6.07, 6.45) is 0. The highest BCUT2D eigenvalue weighted by molar-refractivity contribution is 5.80. The van der Waals surface area contributed by atoms with Gasteiger partial charge < -0.3 is 9.57 Å². The monoisotopic (exact) mass is 296 g/mol. The van der Waals surface area contributed by atoms with Crippen molar-refractivity contribution in [3.63, 3.8) is 0 Å². The fourth-order valence-corrected chi connectivity index (χ4v) is 2.22. The van der Waals surface area contributed by atoms with Gasteiger partial charge in [-0.15, -0.1) is 0 Å². The molecule has 2 aromatic carbocycles. The molecule has 5 nitrogen and oxygen atoms in total. The van der Waals surface area contributed by atoms with Gasteiger partial charge >= 0.3 is 5.97 Å². The Morgan fingerprint density at radius 3 is 2.59 bits per heavy atom. The zero-order valence-electron chi connectivity index (χ0n) is 12.2. The zero-order valence-corrected chi connectivity index (χ0v) is 12.2. The molecular weight excluding hydrogens is 280 g/mol. The maximum Gasteiger partial charge on any atom is 0.346 e. The number of nitrogens with zero attached hydrogens (tertiary/aromatic N) is 2. The average Bonchev–Trinajstić information content (AvgIpc) is 2.93. The van der Waals surface area contributed by atoms with Gasteiger partial charge in [0.1, 0.15) is 5.52 Å².